The average Bonchev–Trinajstić information content (AvgIpc) is 3.03. The van der Waals surface area contributed by atoms with Gasteiger partial charge in [0, 0.05) is 13.5 Å². The van der Waals surface area contributed by atoms with Gasteiger partial charge in [0.25, 0.3) is 0 Å². The molecule has 49 heavy (non-hydrogen) atoms. The topological polar surface area (TPSA) is 41.5 Å². The van der Waals surface area contributed by atoms with Crippen LogP contribution < -0.4 is 5.32 Å². The molecule has 0 amide bonds. The van der Waals surface area contributed by atoms with Crippen molar-refractivity contribution in [3.63, 3.8) is 0 Å². The quantitative estimate of drug-likeness (QED) is 0.128. The van der Waals surface area contributed by atoms with E-state index >= 15 is 0 Å². The number of nitrogens with one attached hydrogen (secondary N) is 1. The summed E-state index contributed by atoms with van der Waals surface area (Å²) >= 11 is 0. The fourth-order valence-corrected chi connectivity index (χ4v) is 3.99. The van der Waals surface area contributed by atoms with Crippen LogP contribution in [-0.2, 0) is 30.0 Å². The van der Waals surface area contributed by atoms with E-state index < -0.39 is 23.5 Å². The average molecular weight is 703 g/mol. The number of hydrogen-bond donors (Lipinski definition) is 1. The molecule has 0 aromatic heterocycles. The van der Waals surface area contributed by atoms with E-state index in [9.17, 15) is 31.1 Å². The number of ketones is 1. The van der Waals surface area contributed by atoms with Gasteiger partial charge in [-0.25, -0.2) is 0 Å². The fraction of sp³-hybridized carbons (Fsp3) is 0.600. The minimum Gasteiger partial charge on any atom is -0.386 e. The van der Waals surface area contributed by atoms with Crippen LogP contribution in [0.25, 0.3) is 0 Å². The number of alkyl halides is 6. The molecule has 2 aromatic carbocycles. The van der Waals surface area contributed by atoms with Gasteiger partial charge in [0.1, 0.15) is 5.78 Å². The number of anilines is 1. The Hall–Kier alpha value is -3.10. The van der Waals surface area contributed by atoms with Crippen LogP contribution in [0.5, 0.6) is 0 Å². The van der Waals surface area contributed by atoms with Gasteiger partial charge in [0.15, 0.2) is 0 Å². The first kappa shape index (κ1) is 50.3. The molecule has 1 N–H and O–H groups in total. The van der Waals surface area contributed by atoms with E-state index in [4.69, 9.17) is 0 Å². The maximum absolute atomic E-state index is 12.5. The van der Waals surface area contributed by atoms with Crippen molar-refractivity contribution in [1.82, 2.24) is 0 Å². The molecule has 0 aliphatic rings. The van der Waals surface area contributed by atoms with Crippen molar-refractivity contribution < 1.29 is 31.1 Å². The SMILES string of the molecule is C=Nc1cc(CC(=C)C)ccc1NC.CC(=O)CCc1cc(C(F)(F)F)cc(C(F)(F)F)c1.CCCC.CCCC.CCCC(C)CCC. The molecule has 0 bridgehead atoms. The smallest absolute Gasteiger partial charge is 0.386 e. The number of allylic oxidation sites excluding steroid dienone is 1. The lowest BCUT2D eigenvalue weighted by Gasteiger charge is -2.13. The Morgan fingerprint density at radius 3 is 1.51 bits per heavy atom. The van der Waals surface area contributed by atoms with Gasteiger partial charge in [-0.1, -0.05) is 118 Å². The lowest BCUT2D eigenvalue weighted by Crippen LogP contribution is -2.12. The zero-order valence-electron chi connectivity index (χ0n) is 31.9. The molecule has 0 fully saturated rings. The summed E-state index contributed by atoms with van der Waals surface area (Å²) in [6, 6.07) is 7.47. The van der Waals surface area contributed by atoms with Crippen molar-refractivity contribution in [2.45, 2.75) is 145 Å². The number of hydrogen-bond acceptors (Lipinski definition) is 3. The number of carbonyl (C=O) groups is 1. The Morgan fingerprint density at radius 1 is 0.755 bits per heavy atom. The monoisotopic (exact) mass is 702 g/mol. The van der Waals surface area contributed by atoms with E-state index in [1.54, 1.807) is 0 Å². The van der Waals surface area contributed by atoms with Crippen LogP contribution >= 0.6 is 0 Å². The summed E-state index contributed by atoms with van der Waals surface area (Å²) in [6.07, 6.45) is 1.73. The van der Waals surface area contributed by atoms with Crippen LogP contribution in [0.15, 0.2) is 53.5 Å². The van der Waals surface area contributed by atoms with Crippen LogP contribution in [0.2, 0.25) is 0 Å². The Labute approximate surface area is 294 Å². The van der Waals surface area contributed by atoms with E-state index in [0.29, 0.717) is 12.1 Å². The van der Waals surface area contributed by atoms with Gasteiger partial charge in [0.2, 0.25) is 0 Å². The lowest BCUT2D eigenvalue weighted by molar-refractivity contribution is -0.143. The normalized spacial score (nSPS) is 10.6. The predicted octanol–water partition coefficient (Wildman–Crippen LogP) is 14.3. The Bertz CT molecular complexity index is 1130. The minimum atomic E-state index is -4.85. The third-order valence-electron chi connectivity index (χ3n) is 6.98. The lowest BCUT2D eigenvalue weighted by atomic mass is 10.0. The first-order valence-corrected chi connectivity index (χ1v) is 17.5. The molecule has 9 heteroatoms. The molecule has 0 atom stereocenters. The van der Waals surface area contributed by atoms with Gasteiger partial charge in [0.05, 0.1) is 22.5 Å². The van der Waals surface area contributed by atoms with E-state index in [0.717, 1.165) is 29.3 Å². The first-order chi connectivity index (χ1) is 22.8. The highest BCUT2D eigenvalue weighted by Crippen LogP contribution is 2.36. The number of aliphatic imine (C=N–C) groups is 1. The standard InChI is InChI=1S/C12H10F6O.C12H16N2.C8H18.2C4H10/c1-7(19)2-3-8-4-9(11(13,14)15)6-10(5-8)12(16,17)18;1-9(2)7-10-5-6-11(13-3)12(8-10)14-4;1-4-6-8(3)7-5-2;2*1-3-4-2/h4-6H,2-3H2,1H3;5-6,8,13H,1,4,7H2,2-3H3;8H,4-7H2,1-3H3;2*3-4H2,1-2H3. The highest BCUT2D eigenvalue weighted by atomic mass is 19.4. The number of halogens is 6. The molecule has 0 unspecified atom stereocenters. The second kappa shape index (κ2) is 28.7. The number of benzene rings is 2. The molecule has 2 rings (SSSR count). The van der Waals surface area contributed by atoms with Crippen molar-refractivity contribution in [3.8, 4) is 0 Å². The molecular weight excluding hydrogens is 638 g/mol. The first-order valence-electron chi connectivity index (χ1n) is 17.5. The van der Waals surface area contributed by atoms with Crippen LogP contribution in [0, 0.1) is 5.92 Å². The largest absolute Gasteiger partial charge is 0.416 e. The number of rotatable bonds is 13. The summed E-state index contributed by atoms with van der Waals surface area (Å²) < 4.78 is 75.0. The van der Waals surface area contributed by atoms with Gasteiger partial charge in [-0.15, -0.1) is 0 Å². The molecule has 0 saturated heterocycles. The zero-order chi connectivity index (χ0) is 38.6. The number of unbranched alkanes of at least 4 members (excludes halogenated alkanes) is 2. The minimum absolute atomic E-state index is 0.0667. The van der Waals surface area contributed by atoms with Gasteiger partial charge < -0.3 is 10.1 Å². The van der Waals surface area contributed by atoms with Crippen LogP contribution in [0.3, 0.4) is 0 Å². The number of nitrogens with zero attached hydrogens (tertiary/aromatic N) is 1. The summed E-state index contributed by atoms with van der Waals surface area (Å²) in [5, 5.41) is 3.07. The number of aryl methyl sites for hydroxylation is 1. The number of carbonyl (C=O) groups excluding carboxylic acids is 1. The van der Waals surface area contributed by atoms with Crippen molar-refractivity contribution in [3.05, 3.63) is 70.8 Å². The molecule has 0 spiro atoms. The number of Topliss-reactive ketones (excluding diaryl/α,β-unsaturated/α-hetero) is 1. The van der Waals surface area contributed by atoms with Crippen molar-refractivity contribution in [2.24, 2.45) is 10.9 Å². The molecule has 0 saturated carbocycles. The Kier molecular flexibility index (Phi) is 29.5. The summed E-state index contributed by atoms with van der Waals surface area (Å²) in [5.74, 6) is 0.663. The maximum atomic E-state index is 12.5. The Balaban J connectivity index is -0.000000615. The van der Waals surface area contributed by atoms with E-state index in [1.807, 2.05) is 26.1 Å². The van der Waals surface area contributed by atoms with Gasteiger partial charge >= 0.3 is 12.4 Å². The molecular formula is C40H64F6N2O. The molecule has 0 radical (unpaired) electrons. The molecule has 0 aliphatic carbocycles. The summed E-state index contributed by atoms with van der Waals surface area (Å²) in [5.41, 5.74) is 1.40. The molecule has 282 valence electrons. The highest BCUT2D eigenvalue weighted by molar-refractivity contribution is 5.75. The summed E-state index contributed by atoms with van der Waals surface area (Å²) in [6.45, 7) is 26.3. The van der Waals surface area contributed by atoms with Gasteiger partial charge in [-0.2, -0.15) is 26.3 Å². The summed E-state index contributed by atoms with van der Waals surface area (Å²) in [4.78, 5) is 14.7. The zero-order valence-corrected chi connectivity index (χ0v) is 31.9. The fourth-order valence-electron chi connectivity index (χ4n) is 3.99. The van der Waals surface area contributed by atoms with Crippen LogP contribution in [-0.4, -0.2) is 19.5 Å². The third-order valence-corrected chi connectivity index (χ3v) is 6.98. The predicted molar refractivity (Wildman–Crippen MR) is 199 cm³/mol. The molecule has 0 heterocycles. The molecule has 2 aromatic rings. The molecule has 3 nitrogen and oxygen atoms in total. The van der Waals surface area contributed by atoms with Crippen molar-refractivity contribution in [2.75, 3.05) is 12.4 Å². The van der Waals surface area contributed by atoms with Gasteiger partial charge in [-0.3, -0.25) is 4.99 Å². The molecule has 0 aliphatic heterocycles. The van der Waals surface area contributed by atoms with Crippen molar-refractivity contribution in [1.29, 1.82) is 0 Å². The van der Waals surface area contributed by atoms with Crippen LogP contribution in [0.1, 0.15) is 142 Å². The second-order valence-electron chi connectivity index (χ2n) is 12.2. The van der Waals surface area contributed by atoms with Gasteiger partial charge in [-0.05, 0) is 80.8 Å². The third kappa shape index (κ3) is 27.4. The van der Waals surface area contributed by atoms with E-state index in [2.05, 4.69) is 78.1 Å². The second-order valence-corrected chi connectivity index (χ2v) is 12.2. The maximum Gasteiger partial charge on any atom is 0.416 e. The summed E-state index contributed by atoms with van der Waals surface area (Å²) in [7, 11) is 1.88. The Morgan fingerprint density at radius 2 is 1.20 bits per heavy atom. The van der Waals surface area contributed by atoms with Crippen molar-refractivity contribution >= 4 is 23.9 Å². The highest BCUT2D eigenvalue weighted by Gasteiger charge is 2.36. The van der Waals surface area contributed by atoms with Crippen LogP contribution in [0.4, 0.5) is 37.7 Å². The van der Waals surface area contributed by atoms with E-state index in [-0.39, 0.29) is 30.3 Å². The van der Waals surface area contributed by atoms with E-state index in [1.165, 1.54) is 63.9 Å².